The van der Waals surface area contributed by atoms with Crippen LogP contribution in [0.3, 0.4) is 0 Å². The van der Waals surface area contributed by atoms with Gasteiger partial charge in [0.15, 0.2) is 5.75 Å². The van der Waals surface area contributed by atoms with Gasteiger partial charge in [0.2, 0.25) is 5.75 Å². The molecule has 0 saturated heterocycles. The van der Waals surface area contributed by atoms with Crippen molar-refractivity contribution in [3.05, 3.63) is 82.1 Å². The molecule has 2 N–H and O–H groups in total. The van der Waals surface area contributed by atoms with Crippen LogP contribution in [-0.4, -0.2) is 14.8 Å². The second-order valence-electron chi connectivity index (χ2n) is 6.00. The molecule has 0 aliphatic carbocycles. The predicted molar refractivity (Wildman–Crippen MR) is 105 cm³/mol. The first-order valence-corrected chi connectivity index (χ1v) is 8.44. The van der Waals surface area contributed by atoms with E-state index in [0.717, 1.165) is 5.56 Å². The highest BCUT2D eigenvalue weighted by atomic mass is 35.5. The Balaban J connectivity index is 2.44. The molecule has 4 nitrogen and oxygen atoms in total. The molecule has 3 rings (SSSR count). The van der Waals surface area contributed by atoms with Crippen LogP contribution >= 0.6 is 11.6 Å². The van der Waals surface area contributed by atoms with Gasteiger partial charge in [0, 0.05) is 11.6 Å². The van der Waals surface area contributed by atoms with E-state index in [2.05, 4.69) is 6.58 Å². The number of allylic oxidation sites excluding steroid dienone is 1. The Hall–Kier alpha value is -2.98. The summed E-state index contributed by atoms with van der Waals surface area (Å²) in [7, 11) is 0. The normalized spacial score (nSPS) is 10.7. The van der Waals surface area contributed by atoms with Crippen molar-refractivity contribution < 1.29 is 10.2 Å². The Morgan fingerprint density at radius 3 is 2.15 bits per heavy atom. The van der Waals surface area contributed by atoms with Gasteiger partial charge in [-0.25, -0.2) is 0 Å². The summed E-state index contributed by atoms with van der Waals surface area (Å²) in [6.07, 6.45) is 1.57. The average Bonchev–Trinajstić information content (AvgIpc) is 2.64. The number of halogens is 1. The molecule has 1 aromatic heterocycles. The number of aromatic nitrogens is 1. The van der Waals surface area contributed by atoms with E-state index in [0.29, 0.717) is 27.4 Å². The van der Waals surface area contributed by atoms with Gasteiger partial charge in [0.25, 0.3) is 5.56 Å². The first kappa shape index (κ1) is 17.8. The number of nitrogens with zero attached hydrogens (tertiary/aromatic N) is 1. The third-order valence-corrected chi connectivity index (χ3v) is 4.44. The van der Waals surface area contributed by atoms with E-state index in [1.54, 1.807) is 30.3 Å². The van der Waals surface area contributed by atoms with Gasteiger partial charge in [-0.05, 0) is 30.2 Å². The largest absolute Gasteiger partial charge is 0.504 e. The zero-order valence-electron chi connectivity index (χ0n) is 14.2. The Kier molecular flexibility index (Phi) is 4.87. The van der Waals surface area contributed by atoms with Crippen LogP contribution < -0.4 is 5.56 Å². The summed E-state index contributed by atoms with van der Waals surface area (Å²) in [6.45, 7) is 5.83. The number of hydrogen-bond donors (Lipinski definition) is 2. The SMILES string of the molecule is C=CCn1c(-c2ccc(Cl)cc2)c(-c2ccc(C)cc2)c(O)c(O)c1=O. The van der Waals surface area contributed by atoms with Crippen LogP contribution in [-0.2, 0) is 6.54 Å². The van der Waals surface area contributed by atoms with Crippen molar-refractivity contribution >= 4 is 11.6 Å². The van der Waals surface area contributed by atoms with E-state index in [1.807, 2.05) is 31.2 Å². The van der Waals surface area contributed by atoms with Gasteiger partial charge < -0.3 is 14.8 Å². The minimum absolute atomic E-state index is 0.184. The number of pyridine rings is 1. The lowest BCUT2D eigenvalue weighted by molar-refractivity contribution is 0.395. The average molecular weight is 368 g/mol. The van der Waals surface area contributed by atoms with Gasteiger partial charge >= 0.3 is 0 Å². The molecule has 0 unspecified atom stereocenters. The standard InChI is InChI=1S/C21H18ClNO3/c1-3-12-23-18(15-8-10-16(22)11-9-15)17(19(24)20(25)21(23)26)14-6-4-13(2)5-7-14/h3-11,24-25H,1,12H2,2H3. The summed E-state index contributed by atoms with van der Waals surface area (Å²) in [5.74, 6) is -1.12. The van der Waals surface area contributed by atoms with Crippen LogP contribution in [0.25, 0.3) is 22.4 Å². The fraction of sp³-hybridized carbons (Fsp3) is 0.0952. The maximum absolute atomic E-state index is 12.6. The first-order chi connectivity index (χ1) is 12.4. The maximum atomic E-state index is 12.6. The molecule has 0 saturated carbocycles. The quantitative estimate of drug-likeness (QED) is 0.654. The van der Waals surface area contributed by atoms with Crippen LogP contribution in [0.4, 0.5) is 0 Å². The predicted octanol–water partition coefficient (Wildman–Crippen LogP) is 4.74. The van der Waals surface area contributed by atoms with Crippen molar-refractivity contribution in [2.24, 2.45) is 0 Å². The monoisotopic (exact) mass is 367 g/mol. The molecule has 132 valence electrons. The van der Waals surface area contributed by atoms with Crippen LogP contribution in [0.5, 0.6) is 11.5 Å². The van der Waals surface area contributed by atoms with Gasteiger partial charge in [-0.15, -0.1) is 6.58 Å². The van der Waals surface area contributed by atoms with Crippen LogP contribution in [0.15, 0.2) is 66.0 Å². The van der Waals surface area contributed by atoms with E-state index < -0.39 is 17.1 Å². The second-order valence-corrected chi connectivity index (χ2v) is 6.43. The summed E-state index contributed by atoms with van der Waals surface area (Å²) in [6, 6.07) is 14.4. The molecule has 2 aromatic carbocycles. The van der Waals surface area contributed by atoms with E-state index in [4.69, 9.17) is 11.6 Å². The van der Waals surface area contributed by atoms with Gasteiger partial charge in [0.05, 0.1) is 11.3 Å². The Labute approximate surface area is 156 Å². The van der Waals surface area contributed by atoms with E-state index in [9.17, 15) is 15.0 Å². The van der Waals surface area contributed by atoms with Gasteiger partial charge in [-0.2, -0.15) is 0 Å². The van der Waals surface area contributed by atoms with Crippen LogP contribution in [0, 0.1) is 6.92 Å². The van der Waals surface area contributed by atoms with Crippen molar-refractivity contribution in [3.63, 3.8) is 0 Å². The summed E-state index contributed by atoms with van der Waals surface area (Å²) < 4.78 is 1.39. The van der Waals surface area contributed by atoms with Crippen LogP contribution in [0.2, 0.25) is 5.02 Å². The highest BCUT2D eigenvalue weighted by Crippen LogP contribution is 2.42. The minimum atomic E-state index is -0.680. The Morgan fingerprint density at radius 1 is 1.00 bits per heavy atom. The van der Waals surface area contributed by atoms with Crippen LogP contribution in [0.1, 0.15) is 5.56 Å². The molecule has 0 atom stereocenters. The zero-order chi connectivity index (χ0) is 18.8. The molecule has 3 aromatic rings. The fourth-order valence-corrected chi connectivity index (χ4v) is 3.03. The van der Waals surface area contributed by atoms with Gasteiger partial charge in [-0.1, -0.05) is 59.6 Å². The molecule has 5 heteroatoms. The molecule has 26 heavy (non-hydrogen) atoms. The van der Waals surface area contributed by atoms with Crippen molar-refractivity contribution in [2.75, 3.05) is 0 Å². The highest BCUT2D eigenvalue weighted by Gasteiger charge is 2.23. The fourth-order valence-electron chi connectivity index (χ4n) is 2.90. The molecular formula is C21H18ClNO3. The third kappa shape index (κ3) is 3.11. The summed E-state index contributed by atoms with van der Waals surface area (Å²) in [4.78, 5) is 12.6. The molecule has 0 spiro atoms. The molecule has 0 amide bonds. The molecule has 0 fully saturated rings. The highest BCUT2D eigenvalue weighted by molar-refractivity contribution is 6.30. The van der Waals surface area contributed by atoms with Gasteiger partial charge in [-0.3, -0.25) is 4.79 Å². The van der Waals surface area contributed by atoms with E-state index in [-0.39, 0.29) is 6.54 Å². The number of hydrogen-bond acceptors (Lipinski definition) is 3. The number of aromatic hydroxyl groups is 2. The molecule has 1 heterocycles. The van der Waals surface area contributed by atoms with Crippen molar-refractivity contribution in [1.29, 1.82) is 0 Å². The van der Waals surface area contributed by atoms with E-state index in [1.165, 1.54) is 4.57 Å². The lowest BCUT2D eigenvalue weighted by Crippen LogP contribution is -2.22. The first-order valence-electron chi connectivity index (χ1n) is 8.06. The molecule has 0 aliphatic heterocycles. The zero-order valence-corrected chi connectivity index (χ0v) is 15.0. The topological polar surface area (TPSA) is 62.5 Å². The number of benzene rings is 2. The van der Waals surface area contributed by atoms with Crippen molar-refractivity contribution in [3.8, 4) is 33.9 Å². The smallest absolute Gasteiger partial charge is 0.297 e. The third-order valence-electron chi connectivity index (χ3n) is 4.19. The van der Waals surface area contributed by atoms with Gasteiger partial charge in [0.1, 0.15) is 0 Å². The summed E-state index contributed by atoms with van der Waals surface area (Å²) in [5.41, 5.74) is 2.63. The minimum Gasteiger partial charge on any atom is -0.504 e. The molecule has 0 bridgehead atoms. The summed E-state index contributed by atoms with van der Waals surface area (Å²) >= 11 is 5.99. The van der Waals surface area contributed by atoms with E-state index >= 15 is 0 Å². The Bertz CT molecular complexity index is 1020. The maximum Gasteiger partial charge on any atom is 0.297 e. The lowest BCUT2D eigenvalue weighted by Gasteiger charge is -2.19. The lowest BCUT2D eigenvalue weighted by atomic mass is 9.96. The summed E-state index contributed by atoms with van der Waals surface area (Å²) in [5, 5.41) is 21.3. The van der Waals surface area contributed by atoms with Crippen molar-refractivity contribution in [1.82, 2.24) is 4.57 Å². The number of aryl methyl sites for hydroxylation is 1. The number of rotatable bonds is 4. The molecular weight excluding hydrogens is 350 g/mol. The second kappa shape index (κ2) is 7.10. The molecule has 0 radical (unpaired) electrons. The Morgan fingerprint density at radius 2 is 1.58 bits per heavy atom. The molecule has 0 aliphatic rings. The van der Waals surface area contributed by atoms with Crippen molar-refractivity contribution in [2.45, 2.75) is 13.5 Å².